The second-order valence-electron chi connectivity index (χ2n) is 2.96. The van der Waals surface area contributed by atoms with E-state index in [0.717, 1.165) is 0 Å². The third kappa shape index (κ3) is 1.49. The Labute approximate surface area is 72.1 Å². The van der Waals surface area contributed by atoms with E-state index in [4.69, 9.17) is 9.47 Å². The molecule has 0 N–H and O–H groups in total. The molecular formula is C10H12O2. The number of benzene rings is 1. The summed E-state index contributed by atoms with van der Waals surface area (Å²) in [6, 6.07) is 8.21. The summed E-state index contributed by atoms with van der Waals surface area (Å²) >= 11 is 0. The average Bonchev–Trinajstić information content (AvgIpc) is 2.29. The summed E-state index contributed by atoms with van der Waals surface area (Å²) in [6.45, 7) is 3.25. The molecule has 0 radical (unpaired) electrons. The van der Waals surface area contributed by atoms with Gasteiger partial charge in [0.05, 0.1) is 13.2 Å². The zero-order valence-electron chi connectivity index (χ0n) is 7.12. The maximum Gasteiger partial charge on any atom is 0.155 e. The van der Waals surface area contributed by atoms with Gasteiger partial charge in [-0.05, 0) is 18.1 Å². The first-order valence-corrected chi connectivity index (χ1v) is 4.16. The van der Waals surface area contributed by atoms with E-state index >= 15 is 0 Å². The van der Waals surface area contributed by atoms with Gasteiger partial charge in [-0.25, -0.2) is 0 Å². The normalized spacial score (nSPS) is 18.4. The fraction of sp³-hybridized carbons (Fsp3) is 0.400. The van der Waals surface area contributed by atoms with Crippen molar-refractivity contribution in [3.05, 3.63) is 35.4 Å². The lowest BCUT2D eigenvalue weighted by Gasteiger charge is -2.07. The second-order valence-corrected chi connectivity index (χ2v) is 2.96. The smallest absolute Gasteiger partial charge is 0.155 e. The maximum atomic E-state index is 5.41. The van der Waals surface area contributed by atoms with Crippen LogP contribution in [0, 0.1) is 0 Å². The minimum atomic E-state index is -0.0857. The van der Waals surface area contributed by atoms with Crippen molar-refractivity contribution in [2.75, 3.05) is 0 Å². The van der Waals surface area contributed by atoms with Crippen LogP contribution in [-0.4, -0.2) is 6.29 Å². The van der Waals surface area contributed by atoms with Crippen LogP contribution in [0.2, 0.25) is 0 Å². The van der Waals surface area contributed by atoms with E-state index in [2.05, 4.69) is 12.1 Å². The fourth-order valence-electron chi connectivity index (χ4n) is 1.30. The predicted octanol–water partition coefficient (Wildman–Crippen LogP) is 2.08. The van der Waals surface area contributed by atoms with Crippen LogP contribution in [0.1, 0.15) is 18.1 Å². The highest BCUT2D eigenvalue weighted by atomic mass is 16.7. The number of rotatable bonds is 0. The lowest BCUT2D eigenvalue weighted by Crippen LogP contribution is -2.08. The minimum absolute atomic E-state index is 0.0857. The number of fused-ring (bicyclic) bond motifs is 1. The molecule has 0 aliphatic carbocycles. The van der Waals surface area contributed by atoms with Crippen LogP contribution in [0.25, 0.3) is 0 Å². The molecule has 0 atom stereocenters. The van der Waals surface area contributed by atoms with E-state index in [1.165, 1.54) is 11.1 Å². The number of hydrogen-bond acceptors (Lipinski definition) is 2. The van der Waals surface area contributed by atoms with Gasteiger partial charge in [-0.3, -0.25) is 0 Å². The first kappa shape index (κ1) is 7.77. The van der Waals surface area contributed by atoms with Crippen molar-refractivity contribution in [1.29, 1.82) is 0 Å². The van der Waals surface area contributed by atoms with Gasteiger partial charge < -0.3 is 9.47 Å². The van der Waals surface area contributed by atoms with Crippen LogP contribution in [0.15, 0.2) is 24.3 Å². The van der Waals surface area contributed by atoms with Gasteiger partial charge in [0.2, 0.25) is 0 Å². The Balaban J connectivity index is 2.26. The summed E-state index contributed by atoms with van der Waals surface area (Å²) in [5.74, 6) is 0. The SMILES string of the molecule is CC1OCc2ccccc2CO1. The zero-order valence-corrected chi connectivity index (χ0v) is 7.12. The van der Waals surface area contributed by atoms with Gasteiger partial charge in [0, 0.05) is 0 Å². The monoisotopic (exact) mass is 164 g/mol. The Morgan fingerprint density at radius 3 is 2.08 bits per heavy atom. The molecule has 0 spiro atoms. The molecule has 0 bridgehead atoms. The molecule has 64 valence electrons. The van der Waals surface area contributed by atoms with Gasteiger partial charge in [-0.2, -0.15) is 0 Å². The Hall–Kier alpha value is -0.860. The molecule has 1 aromatic carbocycles. The van der Waals surface area contributed by atoms with Gasteiger partial charge in [0.15, 0.2) is 6.29 Å². The van der Waals surface area contributed by atoms with Gasteiger partial charge >= 0.3 is 0 Å². The van der Waals surface area contributed by atoms with Crippen LogP contribution < -0.4 is 0 Å². The van der Waals surface area contributed by atoms with E-state index in [1.807, 2.05) is 19.1 Å². The number of ether oxygens (including phenoxy) is 2. The minimum Gasteiger partial charge on any atom is -0.348 e. The van der Waals surface area contributed by atoms with Gasteiger partial charge in [-0.15, -0.1) is 0 Å². The fourth-order valence-corrected chi connectivity index (χ4v) is 1.30. The van der Waals surface area contributed by atoms with Crippen LogP contribution >= 0.6 is 0 Å². The molecule has 12 heavy (non-hydrogen) atoms. The highest BCUT2D eigenvalue weighted by Crippen LogP contribution is 2.17. The largest absolute Gasteiger partial charge is 0.348 e. The molecule has 2 nitrogen and oxygen atoms in total. The quantitative estimate of drug-likeness (QED) is 0.584. The van der Waals surface area contributed by atoms with E-state index in [0.29, 0.717) is 13.2 Å². The maximum absolute atomic E-state index is 5.41. The van der Waals surface area contributed by atoms with Gasteiger partial charge in [0.1, 0.15) is 0 Å². The van der Waals surface area contributed by atoms with Crippen molar-refractivity contribution in [2.24, 2.45) is 0 Å². The molecule has 0 unspecified atom stereocenters. The molecule has 0 saturated carbocycles. The molecule has 1 aliphatic heterocycles. The first-order chi connectivity index (χ1) is 5.86. The summed E-state index contributed by atoms with van der Waals surface area (Å²) in [4.78, 5) is 0. The summed E-state index contributed by atoms with van der Waals surface area (Å²) in [5.41, 5.74) is 2.48. The first-order valence-electron chi connectivity index (χ1n) is 4.16. The average molecular weight is 164 g/mol. The van der Waals surface area contributed by atoms with Gasteiger partial charge in [-0.1, -0.05) is 24.3 Å². The lowest BCUT2D eigenvalue weighted by molar-refractivity contribution is -0.136. The molecule has 1 aromatic rings. The highest BCUT2D eigenvalue weighted by molar-refractivity contribution is 5.26. The van der Waals surface area contributed by atoms with Crippen molar-refractivity contribution in [1.82, 2.24) is 0 Å². The molecule has 1 heterocycles. The topological polar surface area (TPSA) is 18.5 Å². The molecule has 0 fully saturated rings. The van der Waals surface area contributed by atoms with E-state index < -0.39 is 0 Å². The van der Waals surface area contributed by atoms with Crippen molar-refractivity contribution in [3.63, 3.8) is 0 Å². The molecule has 2 heteroatoms. The Bertz CT molecular complexity index is 243. The van der Waals surface area contributed by atoms with Crippen molar-refractivity contribution < 1.29 is 9.47 Å². The van der Waals surface area contributed by atoms with Crippen molar-refractivity contribution >= 4 is 0 Å². The lowest BCUT2D eigenvalue weighted by atomic mass is 10.1. The summed E-state index contributed by atoms with van der Waals surface area (Å²) in [7, 11) is 0. The summed E-state index contributed by atoms with van der Waals surface area (Å²) in [5, 5.41) is 0. The van der Waals surface area contributed by atoms with Crippen LogP contribution in [0.3, 0.4) is 0 Å². The van der Waals surface area contributed by atoms with Crippen LogP contribution in [-0.2, 0) is 22.7 Å². The van der Waals surface area contributed by atoms with E-state index in [-0.39, 0.29) is 6.29 Å². The third-order valence-corrected chi connectivity index (χ3v) is 2.07. The van der Waals surface area contributed by atoms with Crippen molar-refractivity contribution in [2.45, 2.75) is 26.4 Å². The molecule has 1 aliphatic rings. The highest BCUT2D eigenvalue weighted by Gasteiger charge is 2.11. The molecule has 0 aromatic heterocycles. The third-order valence-electron chi connectivity index (χ3n) is 2.07. The zero-order chi connectivity index (χ0) is 8.39. The van der Waals surface area contributed by atoms with E-state index in [9.17, 15) is 0 Å². The van der Waals surface area contributed by atoms with Crippen LogP contribution in [0.4, 0.5) is 0 Å². The van der Waals surface area contributed by atoms with E-state index in [1.54, 1.807) is 0 Å². The molecule has 0 amide bonds. The number of hydrogen-bond donors (Lipinski definition) is 0. The molecule has 0 saturated heterocycles. The standard InChI is InChI=1S/C10H12O2/c1-8-11-6-9-4-2-3-5-10(9)7-12-8/h2-5,8H,6-7H2,1H3. The Morgan fingerprint density at radius 1 is 1.08 bits per heavy atom. The predicted molar refractivity (Wildman–Crippen MR) is 45.5 cm³/mol. The molecular weight excluding hydrogens is 152 g/mol. The summed E-state index contributed by atoms with van der Waals surface area (Å²) in [6.07, 6.45) is -0.0857. The van der Waals surface area contributed by atoms with Gasteiger partial charge in [0.25, 0.3) is 0 Å². The van der Waals surface area contributed by atoms with Crippen LogP contribution in [0.5, 0.6) is 0 Å². The Morgan fingerprint density at radius 2 is 1.58 bits per heavy atom. The van der Waals surface area contributed by atoms with Crippen molar-refractivity contribution in [3.8, 4) is 0 Å². The second kappa shape index (κ2) is 3.25. The molecule has 2 rings (SSSR count). The summed E-state index contributed by atoms with van der Waals surface area (Å²) < 4.78 is 10.8. The Kier molecular flexibility index (Phi) is 2.11.